The highest BCUT2D eigenvalue weighted by Crippen LogP contribution is 2.26. The number of nitrogens with one attached hydrogen (secondary N) is 1. The predicted molar refractivity (Wildman–Crippen MR) is 141 cm³/mol. The van der Waals surface area contributed by atoms with E-state index in [9.17, 15) is 13.2 Å². The maximum Gasteiger partial charge on any atom is 0.264 e. The maximum absolute atomic E-state index is 13.5. The molecule has 3 aromatic carbocycles. The zero-order valence-corrected chi connectivity index (χ0v) is 21.6. The molecule has 3 rings (SSSR count). The van der Waals surface area contributed by atoms with Gasteiger partial charge in [-0.2, -0.15) is 0 Å². The van der Waals surface area contributed by atoms with E-state index in [4.69, 9.17) is 4.74 Å². The Labute approximate surface area is 209 Å². The van der Waals surface area contributed by atoms with Crippen molar-refractivity contribution in [3.63, 3.8) is 0 Å². The molecule has 0 fully saturated rings. The molecule has 186 valence electrons. The number of amides is 1. The van der Waals surface area contributed by atoms with Gasteiger partial charge in [-0.3, -0.25) is 9.10 Å². The molecule has 7 heteroatoms. The smallest absolute Gasteiger partial charge is 0.264 e. The summed E-state index contributed by atoms with van der Waals surface area (Å²) in [6, 6.07) is 21.8. The summed E-state index contributed by atoms with van der Waals surface area (Å²) in [4.78, 5) is 13.0. The maximum atomic E-state index is 13.5. The summed E-state index contributed by atoms with van der Waals surface area (Å²) in [5, 5.41) is 2.87. The van der Waals surface area contributed by atoms with Crippen LogP contribution >= 0.6 is 0 Å². The molecule has 0 radical (unpaired) electrons. The summed E-state index contributed by atoms with van der Waals surface area (Å²) in [7, 11) is -2.29. The number of sulfonamides is 1. The van der Waals surface area contributed by atoms with E-state index in [1.807, 2.05) is 43.3 Å². The van der Waals surface area contributed by atoms with Crippen LogP contribution in [0, 0.1) is 6.92 Å². The van der Waals surface area contributed by atoms with Crippen molar-refractivity contribution < 1.29 is 17.9 Å². The third-order valence-electron chi connectivity index (χ3n) is 5.87. The van der Waals surface area contributed by atoms with Crippen molar-refractivity contribution >= 4 is 21.6 Å². The number of nitrogens with zero attached hydrogens (tertiary/aromatic N) is 1. The first-order valence-electron chi connectivity index (χ1n) is 11.8. The molecule has 35 heavy (non-hydrogen) atoms. The van der Waals surface area contributed by atoms with E-state index < -0.39 is 10.0 Å². The SMILES string of the molecule is COc1ccc(CCCNC(=O)CN(c2ccc(C(C)C)cc2)S(=O)(=O)c2ccc(C)cc2)cc1. The summed E-state index contributed by atoms with van der Waals surface area (Å²) >= 11 is 0. The van der Waals surface area contributed by atoms with Crippen LogP contribution in [-0.2, 0) is 21.2 Å². The third kappa shape index (κ3) is 7.09. The molecule has 0 bridgehead atoms. The molecule has 0 spiro atoms. The van der Waals surface area contributed by atoms with E-state index in [1.54, 1.807) is 43.5 Å². The first-order chi connectivity index (χ1) is 16.7. The minimum absolute atomic E-state index is 0.156. The average Bonchev–Trinajstić information content (AvgIpc) is 2.86. The quantitative estimate of drug-likeness (QED) is 0.378. The van der Waals surface area contributed by atoms with Crippen LogP contribution in [0.3, 0.4) is 0 Å². The molecule has 3 aromatic rings. The number of carbonyl (C=O) groups is 1. The van der Waals surface area contributed by atoms with E-state index >= 15 is 0 Å². The number of carbonyl (C=O) groups excluding carboxylic acids is 1. The molecule has 6 nitrogen and oxygen atoms in total. The highest BCUT2D eigenvalue weighted by molar-refractivity contribution is 7.92. The fourth-order valence-corrected chi connectivity index (χ4v) is 5.10. The molecule has 0 aliphatic heterocycles. The van der Waals surface area contributed by atoms with Crippen LogP contribution in [-0.4, -0.2) is 34.5 Å². The summed E-state index contributed by atoms with van der Waals surface area (Å²) in [5.74, 6) is 0.780. The molecule has 0 aliphatic carbocycles. The Balaban J connectivity index is 1.70. The van der Waals surface area contributed by atoms with Gasteiger partial charge >= 0.3 is 0 Å². The van der Waals surface area contributed by atoms with Crippen LogP contribution in [0.2, 0.25) is 0 Å². The monoisotopic (exact) mass is 494 g/mol. The molecule has 0 heterocycles. The molecular weight excluding hydrogens is 460 g/mol. The van der Waals surface area contributed by atoms with Crippen LogP contribution in [0.1, 0.15) is 42.9 Å². The van der Waals surface area contributed by atoms with Gasteiger partial charge in [-0.15, -0.1) is 0 Å². The van der Waals surface area contributed by atoms with Gasteiger partial charge in [0.15, 0.2) is 0 Å². The van der Waals surface area contributed by atoms with Gasteiger partial charge in [0, 0.05) is 6.54 Å². The lowest BCUT2D eigenvalue weighted by molar-refractivity contribution is -0.119. The van der Waals surface area contributed by atoms with E-state index in [0.29, 0.717) is 18.2 Å². The van der Waals surface area contributed by atoms with Crippen LogP contribution in [0.5, 0.6) is 5.75 Å². The molecule has 0 saturated carbocycles. The minimum atomic E-state index is -3.92. The van der Waals surface area contributed by atoms with Gasteiger partial charge in [0.1, 0.15) is 12.3 Å². The largest absolute Gasteiger partial charge is 0.497 e. The Morgan fingerprint density at radius 2 is 1.57 bits per heavy atom. The molecular formula is C28H34N2O4S. The average molecular weight is 495 g/mol. The Hall–Kier alpha value is -3.32. The highest BCUT2D eigenvalue weighted by atomic mass is 32.2. The van der Waals surface area contributed by atoms with Gasteiger partial charge in [0.2, 0.25) is 5.91 Å². The third-order valence-corrected chi connectivity index (χ3v) is 7.66. The minimum Gasteiger partial charge on any atom is -0.497 e. The van der Waals surface area contributed by atoms with Crippen LogP contribution in [0.4, 0.5) is 5.69 Å². The number of ether oxygens (including phenoxy) is 1. The number of rotatable bonds is 11. The molecule has 0 aliphatic rings. The van der Waals surface area contributed by atoms with Crippen molar-refractivity contribution in [1.29, 1.82) is 0 Å². The molecule has 0 unspecified atom stereocenters. The topological polar surface area (TPSA) is 75.7 Å². The number of methoxy groups -OCH3 is 1. The lowest BCUT2D eigenvalue weighted by atomic mass is 10.0. The van der Waals surface area contributed by atoms with Crippen LogP contribution in [0.15, 0.2) is 77.7 Å². The van der Waals surface area contributed by atoms with Crippen LogP contribution < -0.4 is 14.4 Å². The molecule has 1 N–H and O–H groups in total. The van der Waals surface area contributed by atoms with Gasteiger partial charge in [0.25, 0.3) is 10.0 Å². The van der Waals surface area contributed by atoms with E-state index in [0.717, 1.165) is 35.3 Å². The summed E-state index contributed by atoms with van der Waals surface area (Å²) in [6.07, 6.45) is 1.54. The second-order valence-corrected chi connectivity index (χ2v) is 10.7. The van der Waals surface area contributed by atoms with Gasteiger partial charge in [-0.1, -0.05) is 55.8 Å². The lowest BCUT2D eigenvalue weighted by Crippen LogP contribution is -2.41. The Morgan fingerprint density at radius 1 is 0.943 bits per heavy atom. The molecule has 0 aromatic heterocycles. The first-order valence-corrected chi connectivity index (χ1v) is 13.2. The summed E-state index contributed by atoms with van der Waals surface area (Å²) < 4.78 is 33.4. The number of benzene rings is 3. The van der Waals surface area contributed by atoms with Crippen molar-refractivity contribution in [2.75, 3.05) is 24.5 Å². The van der Waals surface area contributed by atoms with Gasteiger partial charge in [0.05, 0.1) is 17.7 Å². The van der Waals surface area contributed by atoms with E-state index in [-0.39, 0.29) is 17.3 Å². The van der Waals surface area contributed by atoms with E-state index in [2.05, 4.69) is 19.2 Å². The lowest BCUT2D eigenvalue weighted by Gasteiger charge is -2.24. The number of hydrogen-bond acceptors (Lipinski definition) is 4. The molecule has 0 saturated heterocycles. The van der Waals surface area contributed by atoms with E-state index in [1.165, 1.54) is 4.31 Å². The van der Waals surface area contributed by atoms with Gasteiger partial charge < -0.3 is 10.1 Å². The van der Waals surface area contributed by atoms with Gasteiger partial charge in [-0.25, -0.2) is 8.42 Å². The standard InChI is InChI=1S/C28H34N2O4S/c1-21(2)24-11-13-25(14-12-24)30(35(32,33)27-17-7-22(3)8-18-27)20-28(31)29-19-5-6-23-9-15-26(34-4)16-10-23/h7-18,21H,5-6,19-20H2,1-4H3,(H,29,31). The normalized spacial score (nSPS) is 11.3. The number of anilines is 1. The van der Waals surface area contributed by atoms with Crippen molar-refractivity contribution in [1.82, 2.24) is 5.32 Å². The zero-order valence-electron chi connectivity index (χ0n) is 20.8. The fraction of sp³-hybridized carbons (Fsp3) is 0.321. The zero-order chi connectivity index (χ0) is 25.4. The van der Waals surface area contributed by atoms with Crippen molar-refractivity contribution in [3.05, 3.63) is 89.5 Å². The fourth-order valence-electron chi connectivity index (χ4n) is 3.68. The number of hydrogen-bond donors (Lipinski definition) is 1. The number of aryl methyl sites for hydroxylation is 2. The molecule has 1 amide bonds. The Bertz CT molecular complexity index is 1200. The van der Waals surface area contributed by atoms with Crippen molar-refractivity contribution in [2.45, 2.75) is 44.4 Å². The summed E-state index contributed by atoms with van der Waals surface area (Å²) in [5.41, 5.74) is 3.67. The summed E-state index contributed by atoms with van der Waals surface area (Å²) in [6.45, 7) is 6.22. The Morgan fingerprint density at radius 3 is 2.14 bits per heavy atom. The first kappa shape index (κ1) is 26.3. The second-order valence-electron chi connectivity index (χ2n) is 8.87. The van der Waals surface area contributed by atoms with Crippen molar-refractivity contribution in [2.24, 2.45) is 0 Å². The Kier molecular flexibility index (Phi) is 8.93. The predicted octanol–water partition coefficient (Wildman–Crippen LogP) is 5.07. The second kappa shape index (κ2) is 11.9. The van der Waals surface area contributed by atoms with Crippen molar-refractivity contribution in [3.8, 4) is 5.75 Å². The van der Waals surface area contributed by atoms with Gasteiger partial charge in [-0.05, 0) is 73.2 Å². The highest BCUT2D eigenvalue weighted by Gasteiger charge is 2.27. The van der Waals surface area contributed by atoms with Crippen LogP contribution in [0.25, 0.3) is 0 Å². The molecule has 0 atom stereocenters.